The zero-order valence-electron chi connectivity index (χ0n) is 17.4. The van der Waals surface area contributed by atoms with Crippen molar-refractivity contribution in [2.45, 2.75) is 45.8 Å². The Morgan fingerprint density at radius 3 is 2.60 bits per heavy atom. The van der Waals surface area contributed by atoms with Crippen LogP contribution in [0.4, 0.5) is 0 Å². The third kappa shape index (κ3) is 4.76. The Hall–Kier alpha value is -3.43. The summed E-state index contributed by atoms with van der Waals surface area (Å²) in [6, 6.07) is 3.25. The number of carbonyl (C=O) groups is 1. The number of aromatic nitrogens is 4. The molecule has 0 unspecified atom stereocenters. The van der Waals surface area contributed by atoms with Crippen LogP contribution in [0, 0.1) is 0 Å². The van der Waals surface area contributed by atoms with Crippen molar-refractivity contribution in [3.05, 3.63) is 40.5 Å². The van der Waals surface area contributed by atoms with E-state index in [9.17, 15) is 9.59 Å². The van der Waals surface area contributed by atoms with E-state index in [1.54, 1.807) is 12.1 Å². The SMILES string of the molecule is COc1cc2ncn(CCCC(=O)OCc3nc(C(C)C)no3)c(=O)c2cc1OC. The maximum Gasteiger partial charge on any atom is 0.306 e. The molecular formula is C20H24N4O6. The second-order valence-corrected chi connectivity index (χ2v) is 6.93. The lowest BCUT2D eigenvalue weighted by atomic mass is 10.2. The number of fused-ring (bicyclic) bond motifs is 1. The lowest BCUT2D eigenvalue weighted by Gasteiger charge is -2.10. The van der Waals surface area contributed by atoms with E-state index >= 15 is 0 Å². The number of hydrogen-bond acceptors (Lipinski definition) is 9. The van der Waals surface area contributed by atoms with Crippen LogP contribution in [-0.4, -0.2) is 39.9 Å². The van der Waals surface area contributed by atoms with Gasteiger partial charge < -0.3 is 18.7 Å². The lowest BCUT2D eigenvalue weighted by molar-refractivity contribution is -0.145. The predicted molar refractivity (Wildman–Crippen MR) is 107 cm³/mol. The maximum absolute atomic E-state index is 12.7. The third-order valence-corrected chi connectivity index (χ3v) is 4.47. The fourth-order valence-corrected chi connectivity index (χ4v) is 2.81. The number of aryl methyl sites for hydroxylation is 1. The number of nitrogens with zero attached hydrogens (tertiary/aromatic N) is 4. The summed E-state index contributed by atoms with van der Waals surface area (Å²) < 4.78 is 22.1. The first kappa shape index (κ1) is 21.3. The smallest absolute Gasteiger partial charge is 0.306 e. The lowest BCUT2D eigenvalue weighted by Crippen LogP contribution is -2.21. The van der Waals surface area contributed by atoms with Crippen LogP contribution < -0.4 is 15.0 Å². The molecule has 2 aromatic heterocycles. The first-order valence-electron chi connectivity index (χ1n) is 9.52. The van der Waals surface area contributed by atoms with Crippen molar-refractivity contribution in [3.63, 3.8) is 0 Å². The highest BCUT2D eigenvalue weighted by Gasteiger charge is 2.13. The summed E-state index contributed by atoms with van der Waals surface area (Å²) in [6.45, 7) is 4.13. The van der Waals surface area contributed by atoms with E-state index in [0.717, 1.165) is 0 Å². The van der Waals surface area contributed by atoms with Gasteiger partial charge in [-0.3, -0.25) is 14.2 Å². The van der Waals surface area contributed by atoms with Crippen molar-refractivity contribution in [1.82, 2.24) is 19.7 Å². The summed E-state index contributed by atoms with van der Waals surface area (Å²) in [5.41, 5.74) is 0.287. The topological polar surface area (TPSA) is 119 Å². The zero-order valence-corrected chi connectivity index (χ0v) is 17.4. The van der Waals surface area contributed by atoms with Gasteiger partial charge in [0.15, 0.2) is 23.9 Å². The molecule has 10 nitrogen and oxygen atoms in total. The molecule has 0 amide bonds. The maximum atomic E-state index is 12.7. The van der Waals surface area contributed by atoms with Gasteiger partial charge in [0.2, 0.25) is 0 Å². The van der Waals surface area contributed by atoms with E-state index in [4.69, 9.17) is 18.7 Å². The molecule has 10 heteroatoms. The van der Waals surface area contributed by atoms with Gasteiger partial charge in [-0.2, -0.15) is 4.98 Å². The Bertz CT molecular complexity index is 1090. The van der Waals surface area contributed by atoms with E-state index in [-0.39, 0.29) is 30.4 Å². The molecule has 3 rings (SSSR count). The standard InChI is InChI=1S/C20H24N4O6/c1-12(2)19-22-17(30-23-19)10-29-18(25)6-5-7-24-11-21-14-9-16(28-4)15(27-3)8-13(14)20(24)26/h8-9,11-12H,5-7,10H2,1-4H3. The molecule has 0 N–H and O–H groups in total. The van der Waals surface area contributed by atoms with Crippen molar-refractivity contribution in [1.29, 1.82) is 0 Å². The highest BCUT2D eigenvalue weighted by atomic mass is 16.6. The Morgan fingerprint density at radius 2 is 1.93 bits per heavy atom. The summed E-state index contributed by atoms with van der Waals surface area (Å²) in [5, 5.41) is 4.23. The van der Waals surface area contributed by atoms with Gasteiger partial charge in [-0.1, -0.05) is 19.0 Å². The van der Waals surface area contributed by atoms with Gasteiger partial charge in [0, 0.05) is 24.9 Å². The van der Waals surface area contributed by atoms with Crippen molar-refractivity contribution >= 4 is 16.9 Å². The Balaban J connectivity index is 1.58. The first-order valence-corrected chi connectivity index (χ1v) is 9.52. The summed E-state index contributed by atoms with van der Waals surface area (Å²) in [6.07, 6.45) is 2.01. The van der Waals surface area contributed by atoms with Gasteiger partial charge in [0.25, 0.3) is 11.4 Å². The molecule has 0 saturated carbocycles. The normalized spacial score (nSPS) is 11.1. The van der Waals surface area contributed by atoms with Gasteiger partial charge in [0.05, 0.1) is 31.4 Å². The second kappa shape index (κ2) is 9.38. The van der Waals surface area contributed by atoms with Gasteiger partial charge >= 0.3 is 5.97 Å². The summed E-state index contributed by atoms with van der Waals surface area (Å²) in [7, 11) is 3.02. The largest absolute Gasteiger partial charge is 0.493 e. The molecule has 0 bridgehead atoms. The molecule has 0 fully saturated rings. The first-order chi connectivity index (χ1) is 14.4. The number of benzene rings is 1. The van der Waals surface area contributed by atoms with Crippen LogP contribution in [0.5, 0.6) is 11.5 Å². The van der Waals surface area contributed by atoms with Gasteiger partial charge in [0.1, 0.15) is 0 Å². The molecule has 0 aliphatic carbocycles. The molecule has 160 valence electrons. The minimum absolute atomic E-state index is 0.0718. The summed E-state index contributed by atoms with van der Waals surface area (Å²) in [5.74, 6) is 1.50. The minimum Gasteiger partial charge on any atom is -0.493 e. The highest BCUT2D eigenvalue weighted by Crippen LogP contribution is 2.29. The van der Waals surface area contributed by atoms with E-state index < -0.39 is 5.97 Å². The average molecular weight is 416 g/mol. The molecule has 3 aromatic rings. The van der Waals surface area contributed by atoms with E-state index in [1.807, 2.05) is 13.8 Å². The molecule has 30 heavy (non-hydrogen) atoms. The molecule has 0 aliphatic heterocycles. The van der Waals surface area contributed by atoms with Crippen LogP contribution >= 0.6 is 0 Å². The molecule has 0 saturated heterocycles. The molecule has 0 aliphatic rings. The number of carbonyl (C=O) groups excluding carboxylic acids is 1. The van der Waals surface area contributed by atoms with Crippen molar-refractivity contribution in [3.8, 4) is 11.5 Å². The van der Waals surface area contributed by atoms with Crippen LogP contribution in [0.1, 0.15) is 44.3 Å². The van der Waals surface area contributed by atoms with Gasteiger partial charge in [-0.05, 0) is 12.5 Å². The van der Waals surface area contributed by atoms with E-state index in [0.29, 0.717) is 41.2 Å². The number of ether oxygens (including phenoxy) is 3. The minimum atomic E-state index is -0.410. The summed E-state index contributed by atoms with van der Waals surface area (Å²) >= 11 is 0. The number of rotatable bonds is 9. The molecule has 0 radical (unpaired) electrons. The fourth-order valence-electron chi connectivity index (χ4n) is 2.81. The Labute approximate surface area is 172 Å². The molecule has 0 spiro atoms. The predicted octanol–water partition coefficient (Wildman–Crippen LogP) is 2.44. The number of hydrogen-bond donors (Lipinski definition) is 0. The fraction of sp³-hybridized carbons (Fsp3) is 0.450. The molecular weight excluding hydrogens is 392 g/mol. The Morgan fingerprint density at radius 1 is 1.20 bits per heavy atom. The molecule has 0 atom stereocenters. The second-order valence-electron chi connectivity index (χ2n) is 6.93. The quantitative estimate of drug-likeness (QED) is 0.484. The van der Waals surface area contributed by atoms with Gasteiger partial charge in [-0.25, -0.2) is 4.98 Å². The molecule has 1 aromatic carbocycles. The van der Waals surface area contributed by atoms with Crippen LogP contribution in [0.2, 0.25) is 0 Å². The number of esters is 1. The van der Waals surface area contributed by atoms with Crippen LogP contribution in [0.25, 0.3) is 10.9 Å². The van der Waals surface area contributed by atoms with Crippen LogP contribution in [-0.2, 0) is 22.7 Å². The zero-order chi connectivity index (χ0) is 21.7. The summed E-state index contributed by atoms with van der Waals surface area (Å²) in [4.78, 5) is 33.1. The monoisotopic (exact) mass is 416 g/mol. The van der Waals surface area contributed by atoms with Crippen molar-refractivity contribution in [2.24, 2.45) is 0 Å². The van der Waals surface area contributed by atoms with Gasteiger partial charge in [-0.15, -0.1) is 0 Å². The van der Waals surface area contributed by atoms with E-state index in [1.165, 1.54) is 25.1 Å². The van der Waals surface area contributed by atoms with E-state index in [2.05, 4.69) is 15.1 Å². The third-order valence-electron chi connectivity index (χ3n) is 4.47. The van der Waals surface area contributed by atoms with Crippen LogP contribution in [0.15, 0.2) is 27.8 Å². The highest BCUT2D eigenvalue weighted by molar-refractivity contribution is 5.81. The Kier molecular flexibility index (Phi) is 6.65. The average Bonchev–Trinajstić information content (AvgIpc) is 3.22. The molecule has 2 heterocycles. The van der Waals surface area contributed by atoms with Crippen molar-refractivity contribution in [2.75, 3.05) is 14.2 Å². The van der Waals surface area contributed by atoms with Crippen LogP contribution in [0.3, 0.4) is 0 Å². The number of methoxy groups -OCH3 is 2. The van der Waals surface area contributed by atoms with Crippen molar-refractivity contribution < 1.29 is 23.5 Å².